The fourth-order valence-electron chi connectivity index (χ4n) is 1.09. The summed E-state index contributed by atoms with van der Waals surface area (Å²) in [5.74, 6) is -2.28. The molecule has 0 unspecified atom stereocenters. The highest BCUT2D eigenvalue weighted by molar-refractivity contribution is 6.00. The third-order valence-electron chi connectivity index (χ3n) is 1.73. The number of ether oxygens (including phenoxy) is 1. The first-order valence-corrected chi connectivity index (χ1v) is 3.97. The Morgan fingerprint density at radius 3 is 2.53 bits per heavy atom. The van der Waals surface area contributed by atoms with E-state index in [9.17, 15) is 18.0 Å². The highest BCUT2D eigenvalue weighted by Gasteiger charge is 2.17. The van der Waals surface area contributed by atoms with E-state index in [2.05, 4.69) is 4.74 Å². The highest BCUT2D eigenvalue weighted by Crippen LogP contribution is 2.30. The largest absolute Gasteiger partial charge is 0.429 e. The molecule has 82 valence electrons. The molecular formula is C9H8F3NO2. The van der Waals surface area contributed by atoms with Gasteiger partial charge >= 0.3 is 6.61 Å². The fraction of sp³-hybridized carbons (Fsp3) is 0.222. The molecule has 0 atom stereocenters. The molecule has 0 aliphatic carbocycles. The van der Waals surface area contributed by atoms with Crippen LogP contribution in [0.15, 0.2) is 12.1 Å². The molecule has 0 amide bonds. The molecule has 1 aromatic rings. The van der Waals surface area contributed by atoms with Crippen LogP contribution in [-0.4, -0.2) is 12.4 Å². The second-order valence-electron chi connectivity index (χ2n) is 2.77. The number of nitrogen functional groups attached to an aromatic ring is 1. The summed E-state index contributed by atoms with van der Waals surface area (Å²) in [6.07, 6.45) is 0. The van der Waals surface area contributed by atoms with Crippen molar-refractivity contribution in [1.82, 2.24) is 0 Å². The lowest BCUT2D eigenvalue weighted by Gasteiger charge is -2.10. The SMILES string of the molecule is CC(=O)c1ccc(F)c(OC(F)F)c1N. The van der Waals surface area contributed by atoms with E-state index in [0.717, 1.165) is 12.1 Å². The number of ketones is 1. The highest BCUT2D eigenvalue weighted by atomic mass is 19.3. The van der Waals surface area contributed by atoms with Gasteiger partial charge in [0.1, 0.15) is 0 Å². The number of anilines is 1. The standard InChI is InChI=1S/C9H8F3NO2/c1-4(14)5-2-3-6(10)8(7(5)13)15-9(11)12/h2-3,9H,13H2,1H3. The maximum Gasteiger partial charge on any atom is 0.387 e. The summed E-state index contributed by atoms with van der Waals surface area (Å²) in [4.78, 5) is 11.0. The van der Waals surface area contributed by atoms with Gasteiger partial charge in [-0.2, -0.15) is 8.78 Å². The number of hydrogen-bond acceptors (Lipinski definition) is 3. The molecule has 0 heterocycles. The molecule has 0 fully saturated rings. The molecule has 0 radical (unpaired) electrons. The zero-order valence-electron chi connectivity index (χ0n) is 7.76. The summed E-state index contributed by atoms with van der Waals surface area (Å²) in [6.45, 7) is -2.00. The van der Waals surface area contributed by atoms with Crippen molar-refractivity contribution in [2.75, 3.05) is 5.73 Å². The van der Waals surface area contributed by atoms with E-state index in [4.69, 9.17) is 5.73 Å². The number of benzene rings is 1. The Balaban J connectivity index is 3.24. The number of hydrogen-bond donors (Lipinski definition) is 1. The van der Waals surface area contributed by atoms with Crippen molar-refractivity contribution < 1.29 is 22.7 Å². The summed E-state index contributed by atoms with van der Waals surface area (Å²) >= 11 is 0. The lowest BCUT2D eigenvalue weighted by molar-refractivity contribution is -0.0516. The van der Waals surface area contributed by atoms with Crippen molar-refractivity contribution in [2.45, 2.75) is 13.5 Å². The molecule has 2 N–H and O–H groups in total. The Morgan fingerprint density at radius 2 is 2.07 bits per heavy atom. The number of halogens is 3. The molecular weight excluding hydrogens is 211 g/mol. The van der Waals surface area contributed by atoms with Crippen molar-refractivity contribution in [1.29, 1.82) is 0 Å². The first kappa shape index (κ1) is 11.4. The van der Waals surface area contributed by atoms with Crippen LogP contribution in [0, 0.1) is 5.82 Å². The number of carbonyl (C=O) groups is 1. The Hall–Kier alpha value is -1.72. The van der Waals surface area contributed by atoms with Crippen molar-refractivity contribution in [3.8, 4) is 5.75 Å². The molecule has 1 rings (SSSR count). The average molecular weight is 219 g/mol. The zero-order chi connectivity index (χ0) is 11.6. The topological polar surface area (TPSA) is 52.3 Å². The molecule has 0 aliphatic rings. The molecule has 0 aromatic heterocycles. The van der Waals surface area contributed by atoms with Crippen molar-refractivity contribution in [3.05, 3.63) is 23.5 Å². The smallest absolute Gasteiger partial charge is 0.387 e. The average Bonchev–Trinajstić information content (AvgIpc) is 2.11. The minimum absolute atomic E-state index is 0.0490. The zero-order valence-corrected chi connectivity index (χ0v) is 7.76. The Morgan fingerprint density at radius 1 is 1.47 bits per heavy atom. The predicted molar refractivity (Wildman–Crippen MR) is 47.4 cm³/mol. The number of Topliss-reactive ketones (excluding diaryl/α,β-unsaturated/α-hetero) is 1. The van der Waals surface area contributed by atoms with Crippen LogP contribution in [0.4, 0.5) is 18.9 Å². The number of carbonyl (C=O) groups excluding carboxylic acids is 1. The summed E-state index contributed by atoms with van der Waals surface area (Å²) in [5.41, 5.74) is 4.85. The van der Waals surface area contributed by atoms with Gasteiger partial charge in [-0.05, 0) is 19.1 Å². The van der Waals surface area contributed by atoms with Gasteiger partial charge in [-0.1, -0.05) is 0 Å². The Labute approximate surface area is 83.6 Å². The van der Waals surface area contributed by atoms with Gasteiger partial charge in [0.2, 0.25) is 0 Å². The van der Waals surface area contributed by atoms with E-state index >= 15 is 0 Å². The normalized spacial score (nSPS) is 10.5. The van der Waals surface area contributed by atoms with E-state index in [-0.39, 0.29) is 5.56 Å². The minimum Gasteiger partial charge on any atom is -0.429 e. The van der Waals surface area contributed by atoms with Crippen LogP contribution < -0.4 is 10.5 Å². The molecule has 0 saturated heterocycles. The van der Waals surface area contributed by atoms with Crippen LogP contribution in [0.2, 0.25) is 0 Å². The van der Waals surface area contributed by atoms with Gasteiger partial charge in [-0.15, -0.1) is 0 Å². The van der Waals surface area contributed by atoms with Gasteiger partial charge in [-0.25, -0.2) is 4.39 Å². The number of alkyl halides is 2. The van der Waals surface area contributed by atoms with Gasteiger partial charge in [-0.3, -0.25) is 4.79 Å². The maximum absolute atomic E-state index is 13.0. The van der Waals surface area contributed by atoms with Gasteiger partial charge in [0.05, 0.1) is 5.69 Å². The van der Waals surface area contributed by atoms with E-state index in [0.29, 0.717) is 0 Å². The van der Waals surface area contributed by atoms with E-state index in [1.807, 2.05) is 0 Å². The second kappa shape index (κ2) is 4.20. The molecule has 6 heteroatoms. The summed E-state index contributed by atoms with van der Waals surface area (Å²) in [6, 6.07) is 1.97. The predicted octanol–water partition coefficient (Wildman–Crippen LogP) is 2.21. The first-order chi connectivity index (χ1) is 6.93. The van der Waals surface area contributed by atoms with Crippen molar-refractivity contribution in [2.24, 2.45) is 0 Å². The quantitative estimate of drug-likeness (QED) is 0.626. The summed E-state index contributed by atoms with van der Waals surface area (Å²) in [5, 5.41) is 0. The second-order valence-corrected chi connectivity index (χ2v) is 2.77. The molecule has 3 nitrogen and oxygen atoms in total. The van der Waals surface area contributed by atoms with Gasteiger partial charge in [0.15, 0.2) is 17.3 Å². The summed E-state index contributed by atoms with van der Waals surface area (Å²) in [7, 11) is 0. The molecule has 1 aromatic carbocycles. The van der Waals surface area contributed by atoms with Crippen LogP contribution in [0.3, 0.4) is 0 Å². The van der Waals surface area contributed by atoms with Gasteiger partial charge in [0.25, 0.3) is 0 Å². The van der Waals surface area contributed by atoms with Gasteiger partial charge < -0.3 is 10.5 Å². The van der Waals surface area contributed by atoms with Gasteiger partial charge in [0, 0.05) is 5.56 Å². The molecule has 0 saturated carbocycles. The molecule has 0 bridgehead atoms. The van der Waals surface area contributed by atoms with Crippen LogP contribution in [-0.2, 0) is 0 Å². The lowest BCUT2D eigenvalue weighted by atomic mass is 10.1. The molecule has 0 aliphatic heterocycles. The van der Waals surface area contributed by atoms with E-state index in [1.54, 1.807) is 0 Å². The first-order valence-electron chi connectivity index (χ1n) is 3.97. The van der Waals surface area contributed by atoms with Crippen LogP contribution in [0.1, 0.15) is 17.3 Å². The number of nitrogens with two attached hydrogens (primary N) is 1. The maximum atomic E-state index is 13.0. The van der Waals surface area contributed by atoms with Crippen molar-refractivity contribution in [3.63, 3.8) is 0 Å². The summed E-state index contributed by atoms with van der Waals surface area (Å²) < 4.78 is 40.7. The van der Waals surface area contributed by atoms with Crippen LogP contribution in [0.5, 0.6) is 5.75 Å². The van der Waals surface area contributed by atoms with Crippen LogP contribution in [0.25, 0.3) is 0 Å². The fourth-order valence-corrected chi connectivity index (χ4v) is 1.09. The molecule has 15 heavy (non-hydrogen) atoms. The van der Waals surface area contributed by atoms with Crippen molar-refractivity contribution >= 4 is 11.5 Å². The van der Waals surface area contributed by atoms with E-state index in [1.165, 1.54) is 6.92 Å². The Bertz CT molecular complexity index is 393. The van der Waals surface area contributed by atoms with E-state index < -0.39 is 29.6 Å². The minimum atomic E-state index is -3.19. The molecule has 0 spiro atoms. The Kier molecular flexibility index (Phi) is 3.18. The third-order valence-corrected chi connectivity index (χ3v) is 1.73. The number of rotatable bonds is 3. The monoisotopic (exact) mass is 219 g/mol. The lowest BCUT2D eigenvalue weighted by Crippen LogP contribution is -2.09. The third kappa shape index (κ3) is 2.39. The van der Waals surface area contributed by atoms with Crippen LogP contribution >= 0.6 is 0 Å².